The fraction of sp³-hybridized carbons (Fsp3) is 0.462. The Hall–Kier alpha value is -1.97. The number of thioether (sulfide) groups is 1. The molecule has 10 heteroatoms. The van der Waals surface area contributed by atoms with Gasteiger partial charge in [0.1, 0.15) is 12.4 Å². The van der Waals surface area contributed by atoms with Crippen LogP contribution in [0.5, 0.6) is 0 Å². The third-order valence-electron chi connectivity index (χ3n) is 2.50. The van der Waals surface area contributed by atoms with Gasteiger partial charge in [0.2, 0.25) is 0 Å². The number of aromatic nitrogens is 1. The third kappa shape index (κ3) is 9.61. The van der Waals surface area contributed by atoms with Crippen LogP contribution in [-0.4, -0.2) is 35.3 Å². The second-order valence-corrected chi connectivity index (χ2v) is 5.75. The van der Waals surface area contributed by atoms with Gasteiger partial charge in [0.15, 0.2) is 5.96 Å². The zero-order valence-electron chi connectivity index (χ0n) is 12.4. The van der Waals surface area contributed by atoms with Crippen molar-refractivity contribution in [1.29, 1.82) is 5.41 Å². The Kier molecular flexibility index (Phi) is 7.66. The van der Waals surface area contributed by atoms with Gasteiger partial charge in [0, 0.05) is 6.42 Å². The van der Waals surface area contributed by atoms with Crippen LogP contribution in [0.2, 0.25) is 0 Å². The average Bonchev–Trinajstić information content (AvgIpc) is 2.44. The summed E-state index contributed by atoms with van der Waals surface area (Å²) in [4.78, 5) is 7.44. The Morgan fingerprint density at radius 3 is 2.70 bits per heavy atom. The number of halogens is 3. The van der Waals surface area contributed by atoms with Gasteiger partial charge in [-0.25, -0.2) is 9.98 Å². The van der Waals surface area contributed by atoms with Gasteiger partial charge in [-0.1, -0.05) is 6.07 Å². The van der Waals surface area contributed by atoms with E-state index in [0.29, 0.717) is 12.2 Å². The number of aliphatic imine (C=N–C) groups is 1. The fourth-order valence-electron chi connectivity index (χ4n) is 1.50. The molecule has 0 spiro atoms. The Labute approximate surface area is 136 Å². The first kappa shape index (κ1) is 19.1. The maximum Gasteiger partial charge on any atom is 0.408 e. The molecular weight excluding hydrogens is 329 g/mol. The number of nitrogens with two attached hydrogens (primary N) is 2. The lowest BCUT2D eigenvalue weighted by atomic mass is 10.2. The van der Waals surface area contributed by atoms with E-state index >= 15 is 0 Å². The number of guanidine groups is 1. The molecule has 0 aliphatic heterocycles. The number of unbranched alkanes of at least 4 members (excludes halogenated alkanes) is 1. The molecule has 128 valence electrons. The SMILES string of the molecule is N=C(N)CCCCSc1cccc(NC(N)=NCC(F)(F)F)n1. The number of hydrogen-bond donors (Lipinski definition) is 4. The van der Waals surface area contributed by atoms with Crippen LogP contribution < -0.4 is 16.8 Å². The second kappa shape index (κ2) is 9.23. The first-order valence-corrected chi connectivity index (χ1v) is 7.81. The lowest BCUT2D eigenvalue weighted by Crippen LogP contribution is -2.26. The lowest BCUT2D eigenvalue weighted by molar-refractivity contribution is -0.118. The molecular formula is C13H19F3N6S. The maximum atomic E-state index is 12.0. The molecule has 0 amide bonds. The zero-order valence-corrected chi connectivity index (χ0v) is 13.2. The van der Waals surface area contributed by atoms with Gasteiger partial charge in [-0.2, -0.15) is 13.2 Å². The van der Waals surface area contributed by atoms with Crippen LogP contribution in [0.1, 0.15) is 19.3 Å². The molecule has 6 nitrogen and oxygen atoms in total. The molecule has 0 fully saturated rings. The van der Waals surface area contributed by atoms with Crippen molar-refractivity contribution >= 4 is 29.4 Å². The predicted molar refractivity (Wildman–Crippen MR) is 86.9 cm³/mol. The van der Waals surface area contributed by atoms with Gasteiger partial charge in [-0.05, 0) is 30.7 Å². The molecule has 0 aliphatic rings. The van der Waals surface area contributed by atoms with E-state index in [9.17, 15) is 13.2 Å². The molecule has 0 saturated carbocycles. The van der Waals surface area contributed by atoms with E-state index in [1.54, 1.807) is 18.2 Å². The summed E-state index contributed by atoms with van der Waals surface area (Å²) in [5, 5.41) is 10.4. The Balaban J connectivity index is 2.45. The number of alkyl halides is 3. The number of amidine groups is 1. The number of anilines is 1. The molecule has 0 aliphatic carbocycles. The Bertz CT molecular complexity index is 547. The minimum Gasteiger partial charge on any atom is -0.388 e. The van der Waals surface area contributed by atoms with Crippen LogP contribution >= 0.6 is 11.8 Å². The van der Waals surface area contributed by atoms with E-state index in [-0.39, 0.29) is 11.8 Å². The highest BCUT2D eigenvalue weighted by Gasteiger charge is 2.26. The van der Waals surface area contributed by atoms with Crippen molar-refractivity contribution in [2.24, 2.45) is 16.5 Å². The standard InChI is InChI=1S/C13H19F3N6S/c14-13(15,16)8-20-12(19)22-10-5-3-6-11(21-10)23-7-2-1-4-9(17)18/h3,5-6H,1-2,4,7-8H2,(H3,17,18)(H3,19,20,21,22). The second-order valence-electron chi connectivity index (χ2n) is 4.63. The van der Waals surface area contributed by atoms with Crippen molar-refractivity contribution in [2.45, 2.75) is 30.5 Å². The molecule has 0 atom stereocenters. The highest BCUT2D eigenvalue weighted by Crippen LogP contribution is 2.19. The van der Waals surface area contributed by atoms with E-state index in [1.165, 1.54) is 11.8 Å². The summed E-state index contributed by atoms with van der Waals surface area (Å²) in [5.41, 5.74) is 10.7. The number of pyridine rings is 1. The van der Waals surface area contributed by atoms with E-state index in [4.69, 9.17) is 16.9 Å². The van der Waals surface area contributed by atoms with Crippen LogP contribution in [-0.2, 0) is 0 Å². The monoisotopic (exact) mass is 348 g/mol. The topological polar surface area (TPSA) is 113 Å². The molecule has 1 rings (SSSR count). The van der Waals surface area contributed by atoms with Gasteiger partial charge < -0.3 is 16.8 Å². The molecule has 1 aromatic rings. The average molecular weight is 348 g/mol. The molecule has 0 saturated heterocycles. The smallest absolute Gasteiger partial charge is 0.388 e. The van der Waals surface area contributed by atoms with Crippen LogP contribution in [0, 0.1) is 5.41 Å². The van der Waals surface area contributed by atoms with Crippen molar-refractivity contribution in [1.82, 2.24) is 4.98 Å². The summed E-state index contributed by atoms with van der Waals surface area (Å²) < 4.78 is 36.1. The quantitative estimate of drug-likeness (QED) is 0.250. The minimum absolute atomic E-state index is 0.174. The number of hydrogen-bond acceptors (Lipinski definition) is 4. The highest BCUT2D eigenvalue weighted by atomic mass is 32.2. The van der Waals surface area contributed by atoms with Gasteiger partial charge in [0.25, 0.3) is 0 Å². The van der Waals surface area contributed by atoms with E-state index in [1.807, 2.05) is 0 Å². The van der Waals surface area contributed by atoms with Crippen molar-refractivity contribution in [3.63, 3.8) is 0 Å². The van der Waals surface area contributed by atoms with Crippen LogP contribution in [0.15, 0.2) is 28.2 Å². The van der Waals surface area contributed by atoms with Gasteiger partial charge in [-0.3, -0.25) is 5.41 Å². The lowest BCUT2D eigenvalue weighted by Gasteiger charge is -2.08. The summed E-state index contributed by atoms with van der Waals surface area (Å²) in [7, 11) is 0. The summed E-state index contributed by atoms with van der Waals surface area (Å²) >= 11 is 1.51. The first-order valence-electron chi connectivity index (χ1n) is 6.83. The predicted octanol–water partition coefficient (Wildman–Crippen LogP) is 2.57. The molecule has 0 aromatic carbocycles. The van der Waals surface area contributed by atoms with Crippen LogP contribution in [0.3, 0.4) is 0 Å². The van der Waals surface area contributed by atoms with Gasteiger partial charge >= 0.3 is 6.18 Å². The summed E-state index contributed by atoms with van der Waals surface area (Å²) in [5.74, 6) is 0.981. The highest BCUT2D eigenvalue weighted by molar-refractivity contribution is 7.99. The van der Waals surface area contributed by atoms with Gasteiger partial charge in [0.05, 0.1) is 10.9 Å². The van der Waals surface area contributed by atoms with E-state index in [2.05, 4.69) is 15.3 Å². The maximum absolute atomic E-state index is 12.0. The molecule has 23 heavy (non-hydrogen) atoms. The van der Waals surface area contributed by atoms with Crippen LogP contribution in [0.25, 0.3) is 0 Å². The minimum atomic E-state index is -4.39. The van der Waals surface area contributed by atoms with E-state index in [0.717, 1.165) is 23.6 Å². The number of nitrogens with one attached hydrogen (secondary N) is 2. The van der Waals surface area contributed by atoms with Crippen molar-refractivity contribution in [3.05, 3.63) is 18.2 Å². The van der Waals surface area contributed by atoms with Crippen molar-refractivity contribution < 1.29 is 13.2 Å². The van der Waals surface area contributed by atoms with Crippen LogP contribution in [0.4, 0.5) is 19.0 Å². The fourth-order valence-corrected chi connectivity index (χ4v) is 2.40. The summed E-state index contributed by atoms with van der Waals surface area (Å²) in [6.45, 7) is -1.34. The summed E-state index contributed by atoms with van der Waals surface area (Å²) in [6.07, 6.45) is -2.10. The molecule has 1 aromatic heterocycles. The van der Waals surface area contributed by atoms with Gasteiger partial charge in [-0.15, -0.1) is 11.8 Å². The molecule has 0 unspecified atom stereocenters. The third-order valence-corrected chi connectivity index (χ3v) is 3.51. The van der Waals surface area contributed by atoms with Crippen molar-refractivity contribution in [3.8, 4) is 0 Å². The Morgan fingerprint density at radius 2 is 2.04 bits per heavy atom. The molecule has 0 bridgehead atoms. The summed E-state index contributed by atoms with van der Waals surface area (Å²) in [6, 6.07) is 5.11. The number of nitrogens with zero attached hydrogens (tertiary/aromatic N) is 2. The first-order chi connectivity index (χ1) is 10.8. The zero-order chi connectivity index (χ0) is 17.3. The van der Waals surface area contributed by atoms with Crippen molar-refractivity contribution in [2.75, 3.05) is 17.6 Å². The molecule has 0 radical (unpaired) electrons. The normalized spacial score (nSPS) is 12.2. The Morgan fingerprint density at radius 1 is 1.30 bits per heavy atom. The molecule has 1 heterocycles. The number of rotatable bonds is 8. The van der Waals surface area contributed by atoms with E-state index < -0.39 is 12.7 Å². The largest absolute Gasteiger partial charge is 0.408 e. The molecule has 6 N–H and O–H groups in total.